The van der Waals surface area contributed by atoms with Crippen LogP contribution in [0.15, 0.2) is 36.0 Å². The molecule has 0 bridgehead atoms. The van der Waals surface area contributed by atoms with Gasteiger partial charge in [-0.1, -0.05) is 0 Å². The minimum absolute atomic E-state index is 0.0311. The van der Waals surface area contributed by atoms with Crippen molar-refractivity contribution in [2.45, 2.75) is 31.2 Å². The van der Waals surface area contributed by atoms with Gasteiger partial charge in [0.15, 0.2) is 0 Å². The molecule has 2 aliphatic heterocycles. The van der Waals surface area contributed by atoms with Crippen molar-refractivity contribution in [3.05, 3.63) is 47.1 Å². The molecule has 5 heterocycles. The molecular weight excluding hydrogens is 511 g/mol. The zero-order valence-electron chi connectivity index (χ0n) is 19.8. The number of piperidine rings is 1. The highest BCUT2D eigenvalue weighted by molar-refractivity contribution is 7.17. The van der Waals surface area contributed by atoms with Crippen molar-refractivity contribution in [3.63, 3.8) is 0 Å². The number of carbonyl (C=O) groups is 2. The van der Waals surface area contributed by atoms with E-state index in [0.717, 1.165) is 17.4 Å². The van der Waals surface area contributed by atoms with E-state index in [0.29, 0.717) is 44.8 Å². The number of likely N-dealkylation sites (tertiary alicyclic amines) is 1. The highest BCUT2D eigenvalue weighted by atomic mass is 32.1. The Kier molecular flexibility index (Phi) is 6.80. The first-order valence-electron chi connectivity index (χ1n) is 11.7. The summed E-state index contributed by atoms with van der Waals surface area (Å²) >= 11 is 0.848. The number of pyridine rings is 2. The van der Waals surface area contributed by atoms with Gasteiger partial charge in [0, 0.05) is 44.6 Å². The number of hydrogen-bond donors (Lipinski definition) is 1. The number of nitrogens with one attached hydrogen (secondary N) is 1. The third kappa shape index (κ3) is 5.26. The molecule has 196 valence electrons. The van der Waals surface area contributed by atoms with Crippen LogP contribution >= 0.6 is 11.3 Å². The third-order valence-corrected chi connectivity index (χ3v) is 7.37. The average molecular weight is 536 g/mol. The maximum atomic E-state index is 13.8. The SMILES string of the molecule is CNC(=O)c1csc2c(C(F)(F)F)cc(N3CCC(OC(=O)N4CC(Oc5cccnc5)C4)CC3)nc12. The molecule has 3 aromatic rings. The number of thiophene rings is 1. The quantitative estimate of drug-likeness (QED) is 0.529. The molecule has 5 rings (SSSR count). The fraction of sp³-hybridized carbons (Fsp3) is 0.417. The number of nitrogens with zero attached hydrogens (tertiary/aromatic N) is 4. The van der Waals surface area contributed by atoms with Gasteiger partial charge in [0.1, 0.15) is 23.8 Å². The van der Waals surface area contributed by atoms with E-state index in [1.807, 2.05) is 0 Å². The van der Waals surface area contributed by atoms with E-state index < -0.39 is 23.7 Å². The van der Waals surface area contributed by atoms with Crippen LogP contribution in [0.3, 0.4) is 0 Å². The summed E-state index contributed by atoms with van der Waals surface area (Å²) in [7, 11) is 1.42. The van der Waals surface area contributed by atoms with Crippen LogP contribution in [0.25, 0.3) is 10.2 Å². The average Bonchev–Trinajstić information content (AvgIpc) is 3.29. The number of amides is 2. The molecule has 0 unspecified atom stereocenters. The van der Waals surface area contributed by atoms with Crippen molar-refractivity contribution in [2.24, 2.45) is 0 Å². The summed E-state index contributed by atoms with van der Waals surface area (Å²) in [4.78, 5) is 36.4. The molecule has 37 heavy (non-hydrogen) atoms. The van der Waals surface area contributed by atoms with Crippen LogP contribution in [0.4, 0.5) is 23.8 Å². The molecule has 2 fully saturated rings. The van der Waals surface area contributed by atoms with Gasteiger partial charge in [-0.3, -0.25) is 9.78 Å². The Hall–Kier alpha value is -3.61. The Morgan fingerprint density at radius 1 is 1.19 bits per heavy atom. The number of anilines is 1. The molecule has 13 heteroatoms. The van der Waals surface area contributed by atoms with Crippen LogP contribution in [0, 0.1) is 0 Å². The van der Waals surface area contributed by atoms with Crippen LogP contribution in [0.5, 0.6) is 5.75 Å². The summed E-state index contributed by atoms with van der Waals surface area (Å²) in [6.45, 7) is 1.54. The predicted octanol–water partition coefficient (Wildman–Crippen LogP) is 3.94. The van der Waals surface area contributed by atoms with Crippen molar-refractivity contribution < 1.29 is 32.2 Å². The highest BCUT2D eigenvalue weighted by Crippen LogP contribution is 2.40. The van der Waals surface area contributed by atoms with Gasteiger partial charge in [-0.25, -0.2) is 9.78 Å². The van der Waals surface area contributed by atoms with Gasteiger partial charge >= 0.3 is 12.3 Å². The number of halogens is 3. The third-order valence-electron chi connectivity index (χ3n) is 6.36. The Balaban J connectivity index is 1.20. The number of alkyl halides is 3. The smallest absolute Gasteiger partial charge is 0.417 e. The van der Waals surface area contributed by atoms with E-state index in [9.17, 15) is 22.8 Å². The van der Waals surface area contributed by atoms with Crippen LogP contribution < -0.4 is 15.0 Å². The Morgan fingerprint density at radius 3 is 2.59 bits per heavy atom. The van der Waals surface area contributed by atoms with Crippen molar-refractivity contribution >= 4 is 39.4 Å². The minimum Gasteiger partial charge on any atom is -0.485 e. The monoisotopic (exact) mass is 535 g/mol. The summed E-state index contributed by atoms with van der Waals surface area (Å²) in [6, 6.07) is 4.59. The normalized spacial score (nSPS) is 17.0. The second kappa shape index (κ2) is 10.0. The standard InChI is InChI=1S/C24H24F3N5O4S/c1-28-22(33)17-13-37-21-18(24(25,26)27)9-19(30-20(17)21)31-7-4-14(5-8-31)36-23(34)32-11-16(12-32)35-15-3-2-6-29-10-15/h2-3,6,9-10,13-14,16H,4-5,7-8,11-12H2,1H3,(H,28,33). The zero-order chi connectivity index (χ0) is 26.2. The lowest BCUT2D eigenvalue weighted by Gasteiger charge is -2.39. The van der Waals surface area contributed by atoms with Crippen LogP contribution in [-0.2, 0) is 10.9 Å². The number of carbonyl (C=O) groups excluding carboxylic acids is 2. The molecule has 0 aliphatic carbocycles. The lowest BCUT2D eigenvalue weighted by atomic mass is 10.1. The second-order valence-electron chi connectivity index (χ2n) is 8.84. The first-order valence-corrected chi connectivity index (χ1v) is 12.6. The van der Waals surface area contributed by atoms with E-state index in [1.165, 1.54) is 12.4 Å². The van der Waals surface area contributed by atoms with E-state index in [1.54, 1.807) is 34.3 Å². The number of ether oxygens (including phenoxy) is 2. The Bertz CT molecular complexity index is 1290. The van der Waals surface area contributed by atoms with Crippen molar-refractivity contribution in [1.82, 2.24) is 20.2 Å². The van der Waals surface area contributed by atoms with Gasteiger partial charge in [0.2, 0.25) is 0 Å². The molecule has 2 aliphatic rings. The Labute approximate surface area is 214 Å². The molecule has 2 amide bonds. The number of rotatable bonds is 5. The fourth-order valence-corrected chi connectivity index (χ4v) is 5.38. The van der Waals surface area contributed by atoms with E-state index in [-0.39, 0.29) is 33.8 Å². The molecule has 0 aromatic carbocycles. The molecule has 2 saturated heterocycles. The number of fused-ring (bicyclic) bond motifs is 1. The van der Waals surface area contributed by atoms with Crippen molar-refractivity contribution in [3.8, 4) is 5.75 Å². The lowest BCUT2D eigenvalue weighted by Crippen LogP contribution is -2.57. The molecular formula is C24H24F3N5O4S. The Morgan fingerprint density at radius 2 is 1.95 bits per heavy atom. The van der Waals surface area contributed by atoms with Gasteiger partial charge < -0.3 is 24.6 Å². The summed E-state index contributed by atoms with van der Waals surface area (Å²) in [5, 5.41) is 3.84. The lowest BCUT2D eigenvalue weighted by molar-refractivity contribution is -0.136. The van der Waals surface area contributed by atoms with Crippen molar-refractivity contribution in [1.29, 1.82) is 0 Å². The summed E-state index contributed by atoms with van der Waals surface area (Å²) in [6.07, 6.45) is -1.35. The first-order chi connectivity index (χ1) is 17.7. The van der Waals surface area contributed by atoms with Gasteiger partial charge in [-0.05, 0) is 18.2 Å². The second-order valence-corrected chi connectivity index (χ2v) is 9.72. The fourth-order valence-electron chi connectivity index (χ4n) is 4.35. The number of aromatic nitrogens is 2. The molecule has 3 aromatic heterocycles. The maximum Gasteiger partial charge on any atom is 0.417 e. The summed E-state index contributed by atoms with van der Waals surface area (Å²) in [5.41, 5.74) is -0.676. The van der Waals surface area contributed by atoms with Crippen LogP contribution in [0.1, 0.15) is 28.8 Å². The molecule has 0 atom stereocenters. The van der Waals surface area contributed by atoms with Crippen molar-refractivity contribution in [2.75, 3.05) is 38.1 Å². The molecule has 0 radical (unpaired) electrons. The van der Waals surface area contributed by atoms with Gasteiger partial charge in [0.05, 0.1) is 40.6 Å². The van der Waals surface area contributed by atoms with Gasteiger partial charge in [-0.15, -0.1) is 11.3 Å². The zero-order valence-corrected chi connectivity index (χ0v) is 20.6. The largest absolute Gasteiger partial charge is 0.485 e. The number of hydrogen-bond acceptors (Lipinski definition) is 8. The molecule has 0 spiro atoms. The van der Waals surface area contributed by atoms with Gasteiger partial charge in [0.25, 0.3) is 5.91 Å². The predicted molar refractivity (Wildman–Crippen MR) is 130 cm³/mol. The minimum atomic E-state index is -4.59. The first kappa shape index (κ1) is 25.1. The van der Waals surface area contributed by atoms with E-state index >= 15 is 0 Å². The van der Waals surface area contributed by atoms with E-state index in [4.69, 9.17) is 9.47 Å². The summed E-state index contributed by atoms with van der Waals surface area (Å²) < 4.78 is 52.7. The van der Waals surface area contributed by atoms with Crippen LogP contribution in [0.2, 0.25) is 0 Å². The van der Waals surface area contributed by atoms with Gasteiger partial charge in [-0.2, -0.15) is 13.2 Å². The van der Waals surface area contributed by atoms with Crippen LogP contribution in [-0.4, -0.2) is 72.3 Å². The molecule has 9 nitrogen and oxygen atoms in total. The topological polar surface area (TPSA) is 96.9 Å². The molecule has 0 saturated carbocycles. The highest BCUT2D eigenvalue weighted by Gasteiger charge is 2.37. The molecule has 1 N–H and O–H groups in total. The summed E-state index contributed by atoms with van der Waals surface area (Å²) in [5.74, 6) is 0.290. The van der Waals surface area contributed by atoms with E-state index in [2.05, 4.69) is 15.3 Å². The maximum absolute atomic E-state index is 13.8.